The maximum Gasteiger partial charge on any atom is 0.229 e. The molecule has 27 heavy (non-hydrogen) atoms. The highest BCUT2D eigenvalue weighted by atomic mass is 16.5. The maximum absolute atomic E-state index is 13.2. The molecule has 0 aromatic carbocycles. The van der Waals surface area contributed by atoms with Crippen LogP contribution < -0.4 is 0 Å². The van der Waals surface area contributed by atoms with Crippen LogP contribution in [0.2, 0.25) is 0 Å². The Labute approximate surface area is 156 Å². The third-order valence-corrected chi connectivity index (χ3v) is 8.38. The molecule has 0 radical (unpaired) electrons. The summed E-state index contributed by atoms with van der Waals surface area (Å²) in [6.07, 6.45) is 7.56. The SMILES string of the molecule is O=C1C=C2C(=CC1=O)[C@]13CCN4CC5=CCO[C@@H]6CC(=O)N2[C@H]1[C@H]6[C@H]5C[C@H]43. The van der Waals surface area contributed by atoms with Gasteiger partial charge in [0.2, 0.25) is 17.5 Å². The Morgan fingerprint density at radius 3 is 2.89 bits per heavy atom. The number of fused-ring (bicyclic) bond motifs is 2. The fourth-order valence-corrected chi connectivity index (χ4v) is 7.55. The number of ether oxygens (including phenoxy) is 1. The van der Waals surface area contributed by atoms with E-state index in [-0.39, 0.29) is 29.4 Å². The van der Waals surface area contributed by atoms with Gasteiger partial charge in [0.05, 0.1) is 30.9 Å². The van der Waals surface area contributed by atoms with Crippen LogP contribution in [0.5, 0.6) is 0 Å². The molecule has 7 rings (SSSR count). The van der Waals surface area contributed by atoms with E-state index in [1.165, 1.54) is 11.6 Å². The molecular formula is C21H20N2O4. The van der Waals surface area contributed by atoms with Crippen LogP contribution in [0.4, 0.5) is 0 Å². The van der Waals surface area contributed by atoms with Crippen molar-refractivity contribution in [2.24, 2.45) is 17.3 Å². The number of carbonyl (C=O) groups is 3. The first-order chi connectivity index (χ1) is 13.1. The van der Waals surface area contributed by atoms with Crippen molar-refractivity contribution in [2.45, 2.75) is 37.5 Å². The Kier molecular flexibility index (Phi) is 2.49. The summed E-state index contributed by atoms with van der Waals surface area (Å²) < 4.78 is 6.17. The standard InChI is InChI=1S/C21H20N2O4/c24-14-6-12-13(7-15(14)25)23-18(26)8-16-19-11-5-17-21(12,20(19)23)2-3-22(17)9-10(11)1-4-27-16/h1,6-7,11,16-17,19-20H,2-5,8-9H2/t11-,16+,17-,19-,20-,21-/m0/s1. The number of amides is 1. The number of allylic oxidation sites excluding steroid dienone is 3. The van der Waals surface area contributed by atoms with Gasteiger partial charge in [0, 0.05) is 30.0 Å². The van der Waals surface area contributed by atoms with Gasteiger partial charge in [-0.1, -0.05) is 11.6 Å². The second-order valence-corrected chi connectivity index (χ2v) is 9.08. The lowest BCUT2D eigenvalue weighted by Crippen LogP contribution is -2.66. The zero-order valence-corrected chi connectivity index (χ0v) is 14.9. The highest BCUT2D eigenvalue weighted by Crippen LogP contribution is 2.68. The lowest BCUT2D eigenvalue weighted by molar-refractivity contribution is -0.156. The molecule has 1 amide bonds. The number of rotatable bonds is 0. The molecule has 2 bridgehead atoms. The predicted molar refractivity (Wildman–Crippen MR) is 93.3 cm³/mol. The van der Waals surface area contributed by atoms with Crippen LogP contribution in [0, 0.1) is 17.3 Å². The minimum absolute atomic E-state index is 0.00972. The molecule has 0 unspecified atom stereocenters. The molecule has 5 fully saturated rings. The topological polar surface area (TPSA) is 66.9 Å². The zero-order valence-electron chi connectivity index (χ0n) is 14.9. The van der Waals surface area contributed by atoms with Crippen molar-refractivity contribution in [1.82, 2.24) is 9.80 Å². The first-order valence-electron chi connectivity index (χ1n) is 9.99. The zero-order chi connectivity index (χ0) is 18.1. The minimum atomic E-state index is -0.505. The van der Waals surface area contributed by atoms with Gasteiger partial charge in [-0.05, 0) is 37.0 Å². The van der Waals surface area contributed by atoms with Crippen LogP contribution >= 0.6 is 0 Å². The van der Waals surface area contributed by atoms with Gasteiger partial charge in [0.15, 0.2) is 0 Å². The Hall–Kier alpha value is -2.05. The van der Waals surface area contributed by atoms with Gasteiger partial charge >= 0.3 is 0 Å². The molecular weight excluding hydrogens is 344 g/mol. The van der Waals surface area contributed by atoms with Gasteiger partial charge in [0.1, 0.15) is 0 Å². The summed E-state index contributed by atoms with van der Waals surface area (Å²) in [5.41, 5.74) is 2.90. The third-order valence-electron chi connectivity index (χ3n) is 8.38. The summed E-state index contributed by atoms with van der Waals surface area (Å²) in [7, 11) is 0. The van der Waals surface area contributed by atoms with Crippen LogP contribution in [0.15, 0.2) is 35.1 Å². The van der Waals surface area contributed by atoms with Crippen molar-refractivity contribution < 1.29 is 19.1 Å². The molecule has 0 N–H and O–H groups in total. The molecule has 6 nitrogen and oxygen atoms in total. The normalized spacial score (nSPS) is 46.7. The van der Waals surface area contributed by atoms with Gasteiger partial charge in [-0.2, -0.15) is 0 Å². The molecule has 6 atom stereocenters. The van der Waals surface area contributed by atoms with E-state index in [9.17, 15) is 14.4 Å². The van der Waals surface area contributed by atoms with E-state index in [4.69, 9.17) is 4.74 Å². The maximum atomic E-state index is 13.2. The van der Waals surface area contributed by atoms with Gasteiger partial charge < -0.3 is 9.64 Å². The quantitative estimate of drug-likeness (QED) is 0.358. The second-order valence-electron chi connectivity index (χ2n) is 9.08. The first-order valence-corrected chi connectivity index (χ1v) is 9.99. The lowest BCUT2D eigenvalue weighted by Gasteiger charge is -2.58. The Bertz CT molecular complexity index is 946. The van der Waals surface area contributed by atoms with Crippen molar-refractivity contribution in [2.75, 3.05) is 19.7 Å². The predicted octanol–water partition coefficient (Wildman–Crippen LogP) is 0.599. The number of hydrogen-bond acceptors (Lipinski definition) is 5. The van der Waals surface area contributed by atoms with Crippen LogP contribution in [0.3, 0.4) is 0 Å². The van der Waals surface area contributed by atoms with Gasteiger partial charge in [0.25, 0.3) is 0 Å². The van der Waals surface area contributed by atoms with Gasteiger partial charge in [-0.15, -0.1) is 0 Å². The highest BCUT2D eigenvalue weighted by Gasteiger charge is 2.72. The molecule has 5 heterocycles. The van der Waals surface area contributed by atoms with E-state index in [0.29, 0.717) is 30.7 Å². The van der Waals surface area contributed by atoms with Gasteiger partial charge in [-0.3, -0.25) is 19.3 Å². The second kappa shape index (κ2) is 4.50. The Balaban J connectivity index is 1.54. The molecule has 1 spiro atoms. The fourth-order valence-electron chi connectivity index (χ4n) is 7.55. The largest absolute Gasteiger partial charge is 0.373 e. The molecule has 0 aromatic heterocycles. The smallest absolute Gasteiger partial charge is 0.229 e. The van der Waals surface area contributed by atoms with Crippen molar-refractivity contribution in [1.29, 1.82) is 0 Å². The van der Waals surface area contributed by atoms with Crippen molar-refractivity contribution in [3.05, 3.63) is 35.1 Å². The van der Waals surface area contributed by atoms with E-state index in [2.05, 4.69) is 11.0 Å². The van der Waals surface area contributed by atoms with Crippen molar-refractivity contribution >= 4 is 17.5 Å². The molecule has 6 heteroatoms. The summed E-state index contributed by atoms with van der Waals surface area (Å²) in [6, 6.07) is 0.349. The Morgan fingerprint density at radius 1 is 1.15 bits per heavy atom. The van der Waals surface area contributed by atoms with Crippen LogP contribution in [0.25, 0.3) is 0 Å². The minimum Gasteiger partial charge on any atom is -0.373 e. The molecule has 7 aliphatic rings. The average molecular weight is 364 g/mol. The summed E-state index contributed by atoms with van der Waals surface area (Å²) in [5.74, 6) is -0.210. The van der Waals surface area contributed by atoms with Gasteiger partial charge in [-0.25, -0.2) is 0 Å². The summed E-state index contributed by atoms with van der Waals surface area (Å²) in [5, 5.41) is 0. The van der Waals surface area contributed by atoms with Crippen molar-refractivity contribution in [3.63, 3.8) is 0 Å². The first kappa shape index (κ1) is 14.9. The number of nitrogens with zero attached hydrogens (tertiary/aromatic N) is 2. The van der Waals surface area contributed by atoms with E-state index in [1.54, 1.807) is 6.08 Å². The molecule has 4 saturated heterocycles. The van der Waals surface area contributed by atoms with E-state index in [1.807, 2.05) is 4.90 Å². The number of hydrogen-bond donors (Lipinski definition) is 0. The summed E-state index contributed by atoms with van der Waals surface area (Å²) >= 11 is 0. The third kappa shape index (κ3) is 1.49. The fraction of sp³-hybridized carbons (Fsp3) is 0.571. The van der Waals surface area contributed by atoms with Crippen LogP contribution in [-0.2, 0) is 19.1 Å². The number of ketones is 2. The molecule has 0 aromatic rings. The van der Waals surface area contributed by atoms with E-state index < -0.39 is 11.6 Å². The lowest BCUT2D eigenvalue weighted by atomic mass is 9.53. The summed E-state index contributed by atoms with van der Waals surface area (Å²) in [4.78, 5) is 42.1. The molecule has 5 aliphatic heterocycles. The van der Waals surface area contributed by atoms with Crippen LogP contribution in [0.1, 0.15) is 19.3 Å². The monoisotopic (exact) mass is 364 g/mol. The number of piperidine rings is 2. The van der Waals surface area contributed by atoms with E-state index >= 15 is 0 Å². The molecule has 1 saturated carbocycles. The van der Waals surface area contributed by atoms with E-state index in [0.717, 1.165) is 31.5 Å². The Morgan fingerprint density at radius 2 is 2.00 bits per heavy atom. The molecule has 2 aliphatic carbocycles. The summed E-state index contributed by atoms with van der Waals surface area (Å²) in [6.45, 7) is 2.54. The average Bonchev–Trinajstić information content (AvgIpc) is 3.10. The highest BCUT2D eigenvalue weighted by molar-refractivity contribution is 6.47. The number of carbonyl (C=O) groups excluding carboxylic acids is 3. The van der Waals surface area contributed by atoms with Crippen molar-refractivity contribution in [3.8, 4) is 0 Å². The molecule has 138 valence electrons. The van der Waals surface area contributed by atoms with Crippen LogP contribution in [-0.4, -0.2) is 65.2 Å².